The zero-order valence-electron chi connectivity index (χ0n) is 20.7. The van der Waals surface area contributed by atoms with Crippen molar-refractivity contribution in [1.82, 2.24) is 9.88 Å². The Morgan fingerprint density at radius 3 is 2.53 bits per heavy atom. The number of nitrogens with one attached hydrogen (secondary N) is 1. The first-order valence-corrected chi connectivity index (χ1v) is 14.0. The predicted molar refractivity (Wildman–Crippen MR) is 155 cm³/mol. The number of piperidine rings is 1. The lowest BCUT2D eigenvalue weighted by Gasteiger charge is -2.26. The van der Waals surface area contributed by atoms with Crippen molar-refractivity contribution in [3.05, 3.63) is 77.9 Å². The van der Waals surface area contributed by atoms with Gasteiger partial charge in [-0.15, -0.1) is 11.8 Å². The van der Waals surface area contributed by atoms with Crippen molar-refractivity contribution in [3.8, 4) is 0 Å². The summed E-state index contributed by atoms with van der Waals surface area (Å²) in [7, 11) is 0. The molecule has 6 rings (SSSR count). The number of benzene rings is 3. The van der Waals surface area contributed by atoms with Gasteiger partial charge in [0.2, 0.25) is 0 Å². The van der Waals surface area contributed by atoms with Crippen LogP contribution in [0.3, 0.4) is 0 Å². The zero-order chi connectivity index (χ0) is 24.3. The summed E-state index contributed by atoms with van der Waals surface area (Å²) in [6, 6.07) is 23.3. The summed E-state index contributed by atoms with van der Waals surface area (Å²) in [6.07, 6.45) is 10.4. The number of aromatic nitrogens is 1. The Labute approximate surface area is 216 Å². The lowest BCUT2D eigenvalue weighted by Crippen LogP contribution is -2.33. The standard InChI is InChI=1S/C31H31N3OS/c1-36-24-14-11-22(12-15-24)9-10-23-13-16-27-26(21-23)29(32-17-20-34-18-5-2-6-19-34)31-30(33-27)25-7-3-4-8-28(25)35-31/h3-4,7-16,21H,2,5-6,17-20H2,1H3,(H,32,33)/b10-9+. The minimum Gasteiger partial charge on any atom is -0.452 e. The summed E-state index contributed by atoms with van der Waals surface area (Å²) in [5.74, 6) is 0. The van der Waals surface area contributed by atoms with Crippen LogP contribution in [-0.2, 0) is 0 Å². The number of para-hydroxylation sites is 1. The first kappa shape index (κ1) is 23.1. The number of hydrogen-bond donors (Lipinski definition) is 1. The third kappa shape index (κ3) is 4.73. The molecule has 1 N–H and O–H groups in total. The van der Waals surface area contributed by atoms with E-state index in [1.807, 2.05) is 18.2 Å². The lowest BCUT2D eigenvalue weighted by atomic mass is 10.1. The second kappa shape index (κ2) is 10.4. The molecular formula is C31H31N3OS. The van der Waals surface area contributed by atoms with E-state index in [0.717, 1.165) is 57.3 Å². The lowest BCUT2D eigenvalue weighted by molar-refractivity contribution is 0.237. The molecule has 5 heteroatoms. The summed E-state index contributed by atoms with van der Waals surface area (Å²) < 4.78 is 6.37. The second-order valence-electron chi connectivity index (χ2n) is 9.47. The van der Waals surface area contributed by atoms with Crippen LogP contribution in [-0.4, -0.2) is 42.3 Å². The van der Waals surface area contributed by atoms with Crippen LogP contribution in [0, 0.1) is 0 Å². The average molecular weight is 494 g/mol. The van der Waals surface area contributed by atoms with Crippen molar-refractivity contribution in [2.75, 3.05) is 37.8 Å². The Balaban J connectivity index is 1.38. The van der Waals surface area contributed by atoms with Gasteiger partial charge in [-0.25, -0.2) is 4.98 Å². The van der Waals surface area contributed by atoms with Crippen molar-refractivity contribution >= 4 is 62.6 Å². The molecule has 1 saturated heterocycles. The van der Waals surface area contributed by atoms with Crippen molar-refractivity contribution < 1.29 is 4.42 Å². The summed E-state index contributed by atoms with van der Waals surface area (Å²) >= 11 is 1.76. The van der Waals surface area contributed by atoms with Crippen molar-refractivity contribution in [3.63, 3.8) is 0 Å². The van der Waals surface area contributed by atoms with E-state index >= 15 is 0 Å². The number of pyridine rings is 1. The van der Waals surface area contributed by atoms with E-state index in [-0.39, 0.29) is 0 Å². The molecule has 1 aliphatic rings. The SMILES string of the molecule is CSc1ccc(/C=C/c2ccc3nc4c(oc5ccccc54)c(NCCN4CCCCC4)c3c2)cc1. The predicted octanol–water partition coefficient (Wildman–Crippen LogP) is 7.92. The number of nitrogens with zero attached hydrogens (tertiary/aromatic N) is 2. The van der Waals surface area contributed by atoms with Gasteiger partial charge in [-0.2, -0.15) is 0 Å². The van der Waals surface area contributed by atoms with Gasteiger partial charge in [-0.1, -0.05) is 48.9 Å². The van der Waals surface area contributed by atoms with Gasteiger partial charge in [0.25, 0.3) is 0 Å². The smallest absolute Gasteiger partial charge is 0.177 e. The topological polar surface area (TPSA) is 41.3 Å². The molecule has 0 atom stereocenters. The van der Waals surface area contributed by atoms with E-state index in [0.29, 0.717) is 0 Å². The number of likely N-dealkylation sites (tertiary alicyclic amines) is 1. The van der Waals surface area contributed by atoms with Gasteiger partial charge in [0.1, 0.15) is 11.1 Å². The molecule has 0 spiro atoms. The van der Waals surface area contributed by atoms with Gasteiger partial charge in [0.15, 0.2) is 5.58 Å². The summed E-state index contributed by atoms with van der Waals surface area (Å²) in [5, 5.41) is 5.91. The highest BCUT2D eigenvalue weighted by Gasteiger charge is 2.17. The van der Waals surface area contributed by atoms with Crippen LogP contribution in [0.25, 0.3) is 45.1 Å². The highest BCUT2D eigenvalue weighted by molar-refractivity contribution is 7.98. The molecule has 3 heterocycles. The third-order valence-corrected chi connectivity index (χ3v) is 7.82. The monoisotopic (exact) mass is 493 g/mol. The number of fused-ring (bicyclic) bond motifs is 4. The Bertz CT molecular complexity index is 1530. The highest BCUT2D eigenvalue weighted by Crippen LogP contribution is 2.37. The van der Waals surface area contributed by atoms with Gasteiger partial charge in [-0.05, 0) is 79.7 Å². The van der Waals surface area contributed by atoms with E-state index in [1.165, 1.54) is 42.8 Å². The van der Waals surface area contributed by atoms with E-state index in [1.54, 1.807) is 11.8 Å². The molecule has 2 aromatic heterocycles. The fourth-order valence-corrected chi connectivity index (χ4v) is 5.52. The summed E-state index contributed by atoms with van der Waals surface area (Å²) in [6.45, 7) is 4.32. The first-order chi connectivity index (χ1) is 17.8. The van der Waals surface area contributed by atoms with Crippen LogP contribution in [0.15, 0.2) is 76.0 Å². The molecular weight excluding hydrogens is 462 g/mol. The number of hydrogen-bond acceptors (Lipinski definition) is 5. The molecule has 0 bridgehead atoms. The minimum absolute atomic E-state index is 0.844. The number of furan rings is 1. The molecule has 0 aliphatic carbocycles. The Morgan fingerprint density at radius 1 is 0.917 bits per heavy atom. The molecule has 3 aromatic carbocycles. The fraction of sp³-hybridized carbons (Fsp3) is 0.258. The number of anilines is 1. The summed E-state index contributed by atoms with van der Waals surface area (Å²) in [5.41, 5.74) is 7.01. The van der Waals surface area contributed by atoms with Crippen LogP contribution < -0.4 is 5.32 Å². The average Bonchev–Trinajstić information content (AvgIpc) is 3.31. The van der Waals surface area contributed by atoms with Gasteiger partial charge in [0.05, 0.1) is 11.2 Å². The van der Waals surface area contributed by atoms with Crippen LogP contribution in [0.4, 0.5) is 5.69 Å². The molecule has 36 heavy (non-hydrogen) atoms. The van der Waals surface area contributed by atoms with E-state index in [4.69, 9.17) is 9.40 Å². The van der Waals surface area contributed by atoms with Crippen molar-refractivity contribution in [1.29, 1.82) is 0 Å². The normalized spacial score (nSPS) is 14.9. The summed E-state index contributed by atoms with van der Waals surface area (Å²) in [4.78, 5) is 8.87. The zero-order valence-corrected chi connectivity index (χ0v) is 21.5. The van der Waals surface area contributed by atoms with Gasteiger partial charge in [-0.3, -0.25) is 0 Å². The molecule has 182 valence electrons. The van der Waals surface area contributed by atoms with Gasteiger partial charge < -0.3 is 14.6 Å². The Morgan fingerprint density at radius 2 is 1.69 bits per heavy atom. The Kier molecular flexibility index (Phi) is 6.67. The molecule has 0 saturated carbocycles. The largest absolute Gasteiger partial charge is 0.452 e. The van der Waals surface area contributed by atoms with Crippen LogP contribution >= 0.6 is 11.8 Å². The van der Waals surface area contributed by atoms with Gasteiger partial charge >= 0.3 is 0 Å². The van der Waals surface area contributed by atoms with Crippen LogP contribution in [0.2, 0.25) is 0 Å². The molecule has 1 aliphatic heterocycles. The number of rotatable bonds is 7. The second-order valence-corrected chi connectivity index (χ2v) is 10.4. The Hall–Kier alpha value is -3.28. The third-order valence-electron chi connectivity index (χ3n) is 7.08. The van der Waals surface area contributed by atoms with Crippen molar-refractivity contribution in [2.24, 2.45) is 0 Å². The highest BCUT2D eigenvalue weighted by atomic mass is 32.2. The first-order valence-electron chi connectivity index (χ1n) is 12.8. The van der Waals surface area contributed by atoms with Crippen LogP contribution in [0.5, 0.6) is 0 Å². The maximum Gasteiger partial charge on any atom is 0.177 e. The fourth-order valence-electron chi connectivity index (χ4n) is 5.12. The maximum atomic E-state index is 6.37. The molecule has 1 fully saturated rings. The van der Waals surface area contributed by atoms with E-state index in [2.05, 4.69) is 77.2 Å². The number of thioether (sulfide) groups is 1. The minimum atomic E-state index is 0.844. The van der Waals surface area contributed by atoms with Crippen molar-refractivity contribution in [2.45, 2.75) is 24.2 Å². The molecule has 5 aromatic rings. The molecule has 0 amide bonds. The maximum absolute atomic E-state index is 6.37. The molecule has 0 radical (unpaired) electrons. The molecule has 4 nitrogen and oxygen atoms in total. The van der Waals surface area contributed by atoms with E-state index in [9.17, 15) is 0 Å². The molecule has 0 unspecified atom stereocenters. The quantitative estimate of drug-likeness (QED) is 0.184. The van der Waals surface area contributed by atoms with Gasteiger partial charge in [0, 0.05) is 28.8 Å². The van der Waals surface area contributed by atoms with E-state index < -0.39 is 0 Å². The van der Waals surface area contributed by atoms with Crippen LogP contribution in [0.1, 0.15) is 30.4 Å².